The number of guanidine groups is 6. The monoisotopic (exact) mass is 794 g/mol. The Kier molecular flexibility index (Phi) is 16.7. The molecular formula is C33H51N18O4P. The number of nitrogens with two attached hydrogens (primary N) is 12. The van der Waals surface area contributed by atoms with Gasteiger partial charge < -0.3 is 68.8 Å². The van der Waals surface area contributed by atoms with E-state index in [1.165, 1.54) is 0 Å². The third-order valence-corrected chi connectivity index (χ3v) is 8.51. The van der Waals surface area contributed by atoms with E-state index < -0.39 is 7.82 Å². The number of phosphoric acid groups is 1. The highest BCUT2D eigenvalue weighted by atomic mass is 31.2. The van der Waals surface area contributed by atoms with Gasteiger partial charge in [-0.15, -0.1) is 0 Å². The molecular weight excluding hydrogens is 743 g/mol. The maximum absolute atomic E-state index is 14.5. The molecule has 24 N–H and O–H groups in total. The minimum atomic E-state index is -4.40. The summed E-state index contributed by atoms with van der Waals surface area (Å²) in [5, 5.41) is 0. The number of nitrogens with zero attached hydrogens (tertiary/aromatic N) is 6. The van der Waals surface area contributed by atoms with Crippen LogP contribution in [0.4, 0.5) is 0 Å². The number of phosphoric ester groups is 1. The molecule has 0 aliphatic rings. The van der Waals surface area contributed by atoms with Crippen LogP contribution in [0.5, 0.6) is 0 Å². The molecule has 23 heteroatoms. The lowest BCUT2D eigenvalue weighted by Crippen LogP contribution is -2.23. The lowest BCUT2D eigenvalue weighted by atomic mass is 10.1. The summed E-state index contributed by atoms with van der Waals surface area (Å²) < 4.78 is 32.5. The zero-order chi connectivity index (χ0) is 41.3. The van der Waals surface area contributed by atoms with Crippen molar-refractivity contribution in [1.29, 1.82) is 0 Å². The van der Waals surface area contributed by atoms with Crippen LogP contribution in [0.2, 0.25) is 0 Å². The van der Waals surface area contributed by atoms with E-state index in [0.29, 0.717) is 50.1 Å². The first-order valence-electron chi connectivity index (χ1n) is 16.7. The molecule has 302 valence electrons. The van der Waals surface area contributed by atoms with E-state index in [4.69, 9.17) is 82.4 Å². The molecule has 0 spiro atoms. The number of rotatable bonds is 21. The van der Waals surface area contributed by atoms with Gasteiger partial charge in [0.1, 0.15) is 0 Å². The predicted octanol–water partition coefficient (Wildman–Crippen LogP) is -1.61. The Morgan fingerprint density at radius 2 is 0.500 bits per heavy atom. The normalized spacial score (nSPS) is 10.9. The maximum atomic E-state index is 14.5. The molecule has 0 fully saturated rings. The van der Waals surface area contributed by atoms with E-state index >= 15 is 0 Å². The quantitative estimate of drug-likeness (QED) is 0.0328. The summed E-state index contributed by atoms with van der Waals surface area (Å²) in [6.45, 7) is 0.170. The topological polar surface area (TPSA) is 431 Å². The highest BCUT2D eigenvalue weighted by molar-refractivity contribution is 7.48. The molecule has 0 amide bonds. The Hall–Kier alpha value is -6.61. The second-order valence-electron chi connectivity index (χ2n) is 12.2. The molecule has 0 bridgehead atoms. The summed E-state index contributed by atoms with van der Waals surface area (Å²) in [5.41, 5.74) is 72.6. The molecule has 3 rings (SSSR count). The maximum Gasteiger partial charge on any atom is 0.475 e. The van der Waals surface area contributed by atoms with Crippen LogP contribution in [0.1, 0.15) is 50.1 Å². The van der Waals surface area contributed by atoms with Gasteiger partial charge in [-0.2, -0.15) is 0 Å². The smallest absolute Gasteiger partial charge is 0.370 e. The van der Waals surface area contributed by atoms with E-state index in [9.17, 15) is 4.57 Å². The molecule has 3 aromatic rings. The Balaban J connectivity index is 2.02. The second kappa shape index (κ2) is 21.3. The van der Waals surface area contributed by atoms with Gasteiger partial charge in [0.2, 0.25) is 0 Å². The Morgan fingerprint density at radius 1 is 0.339 bits per heavy atom. The summed E-state index contributed by atoms with van der Waals surface area (Å²) in [7, 11) is -4.40. The predicted molar refractivity (Wildman–Crippen MR) is 218 cm³/mol. The van der Waals surface area contributed by atoms with Crippen LogP contribution < -0.4 is 68.8 Å². The second-order valence-corrected chi connectivity index (χ2v) is 13.9. The van der Waals surface area contributed by atoms with Gasteiger partial charge in [-0.05, 0) is 50.1 Å². The van der Waals surface area contributed by atoms with E-state index in [1.54, 1.807) is 36.4 Å². The lowest BCUT2D eigenvalue weighted by Gasteiger charge is -2.20. The van der Waals surface area contributed by atoms with Crippen molar-refractivity contribution in [2.45, 2.75) is 59.1 Å². The number of benzene rings is 3. The van der Waals surface area contributed by atoms with Gasteiger partial charge in [0.25, 0.3) is 0 Å². The average molecular weight is 795 g/mol. The van der Waals surface area contributed by atoms with Crippen molar-refractivity contribution in [2.75, 3.05) is 0 Å². The molecule has 0 aliphatic carbocycles. The number of hydrogen-bond acceptors (Lipinski definition) is 10. The van der Waals surface area contributed by atoms with E-state index in [0.717, 1.165) is 0 Å². The van der Waals surface area contributed by atoms with Crippen LogP contribution in [0.15, 0.2) is 84.6 Å². The van der Waals surface area contributed by atoms with Gasteiger partial charge in [0.15, 0.2) is 35.8 Å². The minimum Gasteiger partial charge on any atom is -0.370 e. The van der Waals surface area contributed by atoms with Crippen LogP contribution >= 0.6 is 7.82 Å². The van der Waals surface area contributed by atoms with E-state index in [1.807, 2.05) is 18.2 Å². The van der Waals surface area contributed by atoms with Gasteiger partial charge in [0.05, 0.1) is 59.1 Å². The van der Waals surface area contributed by atoms with Crippen LogP contribution in [-0.4, -0.2) is 35.8 Å². The Labute approximate surface area is 323 Å². The zero-order valence-corrected chi connectivity index (χ0v) is 31.6. The fraction of sp³-hybridized carbons (Fsp3) is 0.273. The van der Waals surface area contributed by atoms with E-state index in [-0.39, 0.29) is 94.8 Å². The summed E-state index contributed by atoms with van der Waals surface area (Å²) in [4.78, 5) is 24.5. The lowest BCUT2D eigenvalue weighted by molar-refractivity contribution is 0.0977. The molecule has 0 radical (unpaired) electrons. The highest BCUT2D eigenvalue weighted by Gasteiger charge is 2.28. The Morgan fingerprint density at radius 3 is 0.661 bits per heavy atom. The fourth-order valence-electron chi connectivity index (χ4n) is 4.98. The van der Waals surface area contributed by atoms with Gasteiger partial charge in [-0.25, -0.2) is 34.5 Å². The van der Waals surface area contributed by atoms with Crippen molar-refractivity contribution in [3.05, 3.63) is 105 Å². The van der Waals surface area contributed by atoms with Gasteiger partial charge in [0, 0.05) is 0 Å². The molecule has 0 saturated heterocycles. The molecule has 0 aliphatic heterocycles. The molecule has 0 saturated carbocycles. The molecule has 22 nitrogen and oxygen atoms in total. The Bertz CT molecular complexity index is 1680. The zero-order valence-electron chi connectivity index (χ0n) is 30.8. The third kappa shape index (κ3) is 17.0. The van der Waals surface area contributed by atoms with Crippen LogP contribution in [0, 0.1) is 0 Å². The summed E-state index contributed by atoms with van der Waals surface area (Å²) in [6, 6.07) is 16.1. The first-order chi connectivity index (χ1) is 26.5. The van der Waals surface area contributed by atoms with Crippen molar-refractivity contribution < 1.29 is 18.1 Å². The molecule has 0 atom stereocenters. The summed E-state index contributed by atoms with van der Waals surface area (Å²) in [5.74, 6) is -0.603. The average Bonchev–Trinajstić information content (AvgIpc) is 3.13. The number of hydrogen-bond donors (Lipinski definition) is 12. The van der Waals surface area contributed by atoms with Crippen molar-refractivity contribution in [1.82, 2.24) is 0 Å². The molecule has 0 heterocycles. The van der Waals surface area contributed by atoms with Crippen LogP contribution in [-0.2, 0) is 77.2 Å². The summed E-state index contributed by atoms with van der Waals surface area (Å²) >= 11 is 0. The standard InChI is InChI=1S/C33H51N18O4P/c34-28(35)46-10-19-1-20(11-47-29(36)37)5-25(4-19)16-53-56(52,54-17-26-6-21(12-48-30(38)39)2-22(7-26)13-49-31(40)41)55-18-27-8-23(14-50-32(42)43)3-24(9-27)15-51-33(44)45/h1-9H,10-18H2,(H4,34,35,46)(H4,36,37,47)(H4,38,39,48)(H4,40,41,49)(H4,42,43,50)(H4,44,45,51). The first kappa shape index (κ1) is 43.8. The SMILES string of the molecule is NC(N)=NCc1cc(CN=C(N)N)cc(COP(=O)(OCc2cc(CN=C(N)N)cc(CN=C(N)N)c2)OCc2cc(CN=C(N)N)cc(CN=C(N)N)c2)c1. The summed E-state index contributed by atoms with van der Waals surface area (Å²) in [6.07, 6.45) is 0. The van der Waals surface area contributed by atoms with Crippen LogP contribution in [0.3, 0.4) is 0 Å². The fourth-order valence-corrected chi connectivity index (χ4v) is 6.13. The number of aliphatic imine (C=N–C) groups is 6. The first-order valence-corrected chi connectivity index (χ1v) is 18.1. The van der Waals surface area contributed by atoms with Crippen LogP contribution in [0.25, 0.3) is 0 Å². The van der Waals surface area contributed by atoms with Crippen molar-refractivity contribution in [3.8, 4) is 0 Å². The largest absolute Gasteiger partial charge is 0.475 e. The molecule has 0 unspecified atom stereocenters. The van der Waals surface area contributed by atoms with E-state index in [2.05, 4.69) is 30.0 Å². The van der Waals surface area contributed by atoms with Gasteiger partial charge >= 0.3 is 7.82 Å². The van der Waals surface area contributed by atoms with Crippen molar-refractivity contribution in [3.63, 3.8) is 0 Å². The van der Waals surface area contributed by atoms with Crippen molar-refractivity contribution >= 4 is 43.6 Å². The van der Waals surface area contributed by atoms with Gasteiger partial charge in [-0.3, -0.25) is 13.6 Å². The highest BCUT2D eigenvalue weighted by Crippen LogP contribution is 2.52. The third-order valence-electron chi connectivity index (χ3n) is 7.17. The minimum absolute atomic E-state index is 0.101. The molecule has 0 aromatic heterocycles. The van der Waals surface area contributed by atoms with Crippen molar-refractivity contribution in [2.24, 2.45) is 98.8 Å². The molecule has 56 heavy (non-hydrogen) atoms. The molecule has 3 aromatic carbocycles. The van der Waals surface area contributed by atoms with Gasteiger partial charge in [-0.1, -0.05) is 54.6 Å².